The third-order valence-electron chi connectivity index (χ3n) is 2.23. The number of hydrogen-bond acceptors (Lipinski definition) is 2. The number of carboxylic acids is 1. The van der Waals surface area contributed by atoms with Gasteiger partial charge in [-0.3, -0.25) is 4.79 Å². The van der Waals surface area contributed by atoms with Crippen LogP contribution in [-0.4, -0.2) is 17.0 Å². The molecule has 1 unspecified atom stereocenters. The molecule has 0 aliphatic carbocycles. The summed E-state index contributed by atoms with van der Waals surface area (Å²) in [4.78, 5) is 21.4. The molecule has 15 heavy (non-hydrogen) atoms. The smallest absolute Gasteiger partial charge is 0.335 e. The number of aromatic carboxylic acids is 1. The number of hydrogen-bond donors (Lipinski definition) is 2. The lowest BCUT2D eigenvalue weighted by Gasteiger charge is -2.06. The standard InChI is InChI=1S/C11H13NO3/c1-7(10(12)13)6-8-2-4-9(5-3-8)11(14)15/h2-5,7H,6H2,1H3,(H2,12,13)(H,14,15). The Morgan fingerprint density at radius 3 is 2.27 bits per heavy atom. The minimum atomic E-state index is -0.954. The molecule has 3 N–H and O–H groups in total. The lowest BCUT2D eigenvalue weighted by molar-refractivity contribution is -0.121. The molecule has 0 aromatic heterocycles. The maximum Gasteiger partial charge on any atom is 0.335 e. The molecule has 4 nitrogen and oxygen atoms in total. The van der Waals surface area contributed by atoms with Crippen LogP contribution in [0.2, 0.25) is 0 Å². The summed E-state index contributed by atoms with van der Waals surface area (Å²) >= 11 is 0. The summed E-state index contributed by atoms with van der Waals surface area (Å²) in [6.07, 6.45) is 0.537. The summed E-state index contributed by atoms with van der Waals surface area (Å²) in [5.41, 5.74) is 6.28. The molecule has 0 bridgehead atoms. The molecule has 1 atom stereocenters. The van der Waals surface area contributed by atoms with E-state index in [0.717, 1.165) is 5.56 Å². The second kappa shape index (κ2) is 4.59. The van der Waals surface area contributed by atoms with Gasteiger partial charge in [0.25, 0.3) is 0 Å². The molecule has 1 amide bonds. The molecule has 0 fully saturated rings. The van der Waals surface area contributed by atoms with Crippen molar-refractivity contribution in [1.82, 2.24) is 0 Å². The topological polar surface area (TPSA) is 80.4 Å². The van der Waals surface area contributed by atoms with Crippen molar-refractivity contribution in [2.75, 3.05) is 0 Å². The normalized spacial score (nSPS) is 12.1. The molecule has 4 heteroatoms. The number of amides is 1. The average molecular weight is 207 g/mol. The van der Waals surface area contributed by atoms with Gasteiger partial charge >= 0.3 is 5.97 Å². The van der Waals surface area contributed by atoms with Crippen LogP contribution < -0.4 is 5.73 Å². The molecule has 0 aliphatic heterocycles. The molecule has 0 aliphatic rings. The van der Waals surface area contributed by atoms with Crippen molar-refractivity contribution in [2.24, 2.45) is 11.7 Å². The van der Waals surface area contributed by atoms with Crippen molar-refractivity contribution in [3.05, 3.63) is 35.4 Å². The maximum absolute atomic E-state index is 10.8. The quantitative estimate of drug-likeness (QED) is 0.774. The molecule has 0 heterocycles. The number of carbonyl (C=O) groups is 2. The highest BCUT2D eigenvalue weighted by molar-refractivity contribution is 5.87. The molecule has 1 aromatic carbocycles. The average Bonchev–Trinajstić information content (AvgIpc) is 2.18. The Morgan fingerprint density at radius 1 is 1.33 bits per heavy atom. The van der Waals surface area contributed by atoms with Crippen LogP contribution in [0, 0.1) is 5.92 Å². The summed E-state index contributed by atoms with van der Waals surface area (Å²) in [5.74, 6) is -1.54. The van der Waals surface area contributed by atoms with E-state index in [4.69, 9.17) is 10.8 Å². The summed E-state index contributed by atoms with van der Waals surface area (Å²) in [6.45, 7) is 1.74. The van der Waals surface area contributed by atoms with Crippen LogP contribution >= 0.6 is 0 Å². The molecular weight excluding hydrogens is 194 g/mol. The number of nitrogens with two attached hydrogens (primary N) is 1. The first-order valence-electron chi connectivity index (χ1n) is 4.62. The van der Waals surface area contributed by atoms with E-state index in [1.807, 2.05) is 0 Å². The first-order valence-corrected chi connectivity index (χ1v) is 4.62. The van der Waals surface area contributed by atoms with E-state index < -0.39 is 5.97 Å². The number of carbonyl (C=O) groups excluding carboxylic acids is 1. The van der Waals surface area contributed by atoms with Crippen molar-refractivity contribution in [1.29, 1.82) is 0 Å². The third-order valence-corrected chi connectivity index (χ3v) is 2.23. The van der Waals surface area contributed by atoms with Crippen molar-refractivity contribution in [3.63, 3.8) is 0 Å². The highest BCUT2D eigenvalue weighted by Gasteiger charge is 2.09. The van der Waals surface area contributed by atoms with Crippen LogP contribution in [0.5, 0.6) is 0 Å². The second-order valence-corrected chi connectivity index (χ2v) is 3.51. The van der Waals surface area contributed by atoms with E-state index in [1.54, 1.807) is 19.1 Å². The minimum absolute atomic E-state index is 0.235. The van der Waals surface area contributed by atoms with Crippen molar-refractivity contribution < 1.29 is 14.7 Å². The molecular formula is C11H13NO3. The molecule has 1 rings (SSSR count). The van der Waals surface area contributed by atoms with Crippen LogP contribution in [0.25, 0.3) is 0 Å². The fraction of sp³-hybridized carbons (Fsp3) is 0.273. The van der Waals surface area contributed by atoms with E-state index >= 15 is 0 Å². The number of primary amides is 1. The van der Waals surface area contributed by atoms with E-state index in [1.165, 1.54) is 12.1 Å². The zero-order chi connectivity index (χ0) is 11.4. The molecule has 0 saturated carbocycles. The number of benzene rings is 1. The Balaban J connectivity index is 2.72. The van der Waals surface area contributed by atoms with Crippen molar-refractivity contribution >= 4 is 11.9 Å². The van der Waals surface area contributed by atoms with Gasteiger partial charge in [-0.1, -0.05) is 19.1 Å². The van der Waals surface area contributed by atoms with Gasteiger partial charge in [0.1, 0.15) is 0 Å². The summed E-state index contributed by atoms with van der Waals surface area (Å²) < 4.78 is 0. The van der Waals surface area contributed by atoms with Crippen LogP contribution in [0.1, 0.15) is 22.8 Å². The highest BCUT2D eigenvalue weighted by atomic mass is 16.4. The van der Waals surface area contributed by atoms with Gasteiger partial charge < -0.3 is 10.8 Å². The van der Waals surface area contributed by atoms with Crippen LogP contribution in [0.4, 0.5) is 0 Å². The summed E-state index contributed by atoms with van der Waals surface area (Å²) in [5, 5.41) is 8.67. The number of rotatable bonds is 4. The summed E-state index contributed by atoms with van der Waals surface area (Å²) in [7, 11) is 0. The minimum Gasteiger partial charge on any atom is -0.478 e. The third kappa shape index (κ3) is 3.09. The van der Waals surface area contributed by atoms with Gasteiger partial charge in [0.15, 0.2) is 0 Å². The zero-order valence-electron chi connectivity index (χ0n) is 8.43. The van der Waals surface area contributed by atoms with Crippen LogP contribution in [0.3, 0.4) is 0 Å². The summed E-state index contributed by atoms with van der Waals surface area (Å²) in [6, 6.07) is 6.43. The predicted octanol–water partition coefficient (Wildman–Crippen LogP) is 1.05. The van der Waals surface area contributed by atoms with Crippen LogP contribution in [-0.2, 0) is 11.2 Å². The fourth-order valence-corrected chi connectivity index (χ4v) is 1.24. The van der Waals surface area contributed by atoms with Crippen molar-refractivity contribution in [2.45, 2.75) is 13.3 Å². The molecule has 0 saturated heterocycles. The van der Waals surface area contributed by atoms with Crippen molar-refractivity contribution in [3.8, 4) is 0 Å². The fourth-order valence-electron chi connectivity index (χ4n) is 1.24. The Labute approximate surface area is 87.7 Å². The largest absolute Gasteiger partial charge is 0.478 e. The molecule has 0 spiro atoms. The lowest BCUT2D eigenvalue weighted by Crippen LogP contribution is -2.22. The molecule has 0 radical (unpaired) electrons. The van der Waals surface area contributed by atoms with Gasteiger partial charge in [0.05, 0.1) is 5.56 Å². The van der Waals surface area contributed by atoms with E-state index in [-0.39, 0.29) is 17.4 Å². The predicted molar refractivity (Wildman–Crippen MR) is 55.5 cm³/mol. The Morgan fingerprint density at radius 2 is 1.87 bits per heavy atom. The molecule has 1 aromatic rings. The van der Waals surface area contributed by atoms with E-state index in [0.29, 0.717) is 6.42 Å². The van der Waals surface area contributed by atoms with E-state index in [9.17, 15) is 9.59 Å². The Hall–Kier alpha value is -1.84. The van der Waals surface area contributed by atoms with Gasteiger partial charge in [-0.25, -0.2) is 4.79 Å². The number of carboxylic acid groups (broad SMARTS) is 1. The van der Waals surface area contributed by atoms with Crippen LogP contribution in [0.15, 0.2) is 24.3 Å². The van der Waals surface area contributed by atoms with Gasteiger partial charge in [0.2, 0.25) is 5.91 Å². The maximum atomic E-state index is 10.8. The Bertz CT molecular complexity index is 370. The van der Waals surface area contributed by atoms with Gasteiger partial charge in [-0.15, -0.1) is 0 Å². The SMILES string of the molecule is CC(Cc1ccc(C(=O)O)cc1)C(N)=O. The monoisotopic (exact) mass is 207 g/mol. The molecule has 80 valence electrons. The lowest BCUT2D eigenvalue weighted by atomic mass is 10.00. The Kier molecular flexibility index (Phi) is 3.44. The second-order valence-electron chi connectivity index (χ2n) is 3.51. The van der Waals surface area contributed by atoms with E-state index in [2.05, 4.69) is 0 Å². The first kappa shape index (κ1) is 11.2. The van der Waals surface area contributed by atoms with Gasteiger partial charge in [-0.05, 0) is 24.1 Å². The van der Waals surface area contributed by atoms with Gasteiger partial charge in [-0.2, -0.15) is 0 Å². The highest BCUT2D eigenvalue weighted by Crippen LogP contribution is 2.10. The first-order chi connectivity index (χ1) is 7.00. The van der Waals surface area contributed by atoms with Gasteiger partial charge in [0, 0.05) is 5.92 Å². The zero-order valence-corrected chi connectivity index (χ0v) is 8.43.